The zero-order valence-corrected chi connectivity index (χ0v) is 26.2. The van der Waals surface area contributed by atoms with E-state index in [9.17, 15) is 23.5 Å². The van der Waals surface area contributed by atoms with Crippen LogP contribution in [0.3, 0.4) is 0 Å². The van der Waals surface area contributed by atoms with Gasteiger partial charge in [0.05, 0.1) is 18.1 Å². The number of aryl methyl sites for hydroxylation is 1. The fourth-order valence-electron chi connectivity index (χ4n) is 5.48. The van der Waals surface area contributed by atoms with Crippen molar-refractivity contribution in [2.45, 2.75) is 83.9 Å². The summed E-state index contributed by atoms with van der Waals surface area (Å²) >= 11 is 0. The molecule has 3 atom stereocenters. The highest BCUT2D eigenvalue weighted by Crippen LogP contribution is 2.23. The van der Waals surface area contributed by atoms with Crippen LogP contribution in [0.5, 0.6) is 0 Å². The van der Waals surface area contributed by atoms with Gasteiger partial charge in [0.15, 0.2) is 0 Å². The zero-order chi connectivity index (χ0) is 31.9. The van der Waals surface area contributed by atoms with E-state index in [1.807, 2.05) is 61.2 Å². The molecule has 2 amide bonds. The van der Waals surface area contributed by atoms with Gasteiger partial charge in [0.25, 0.3) is 0 Å². The second-order valence-electron chi connectivity index (χ2n) is 11.4. The molecule has 0 radical (unpaired) electrons. The van der Waals surface area contributed by atoms with Crippen LogP contribution in [-0.4, -0.2) is 53.6 Å². The maximum absolute atomic E-state index is 14.1. The summed E-state index contributed by atoms with van der Waals surface area (Å²) in [4.78, 5) is 28.8. The van der Waals surface area contributed by atoms with Crippen LogP contribution in [0, 0.1) is 11.6 Å². The molecular weight excluding hydrogens is 560 g/mol. The molecule has 3 N–H and O–H groups in total. The fraction of sp³-hybridized carbons (Fsp3) is 0.444. The number of hydrogen-bond donors (Lipinski definition) is 3. The summed E-state index contributed by atoms with van der Waals surface area (Å²) in [5.74, 6) is -2.44. The third-order valence-electron chi connectivity index (χ3n) is 7.76. The highest BCUT2D eigenvalue weighted by Gasteiger charge is 2.28. The molecule has 0 fully saturated rings. The summed E-state index contributed by atoms with van der Waals surface area (Å²) in [6.45, 7) is 8.15. The van der Waals surface area contributed by atoms with Gasteiger partial charge in [-0.3, -0.25) is 9.59 Å². The molecule has 0 spiro atoms. The molecule has 3 aromatic carbocycles. The van der Waals surface area contributed by atoms with Crippen LogP contribution in [0.4, 0.5) is 8.78 Å². The van der Waals surface area contributed by atoms with E-state index in [0.717, 1.165) is 36.5 Å². The minimum atomic E-state index is -1.05. The zero-order valence-electron chi connectivity index (χ0n) is 26.2. The lowest BCUT2D eigenvalue weighted by Gasteiger charge is -2.28. The Bertz CT molecular complexity index is 1290. The van der Waals surface area contributed by atoms with Crippen LogP contribution in [0.25, 0.3) is 0 Å². The first kappa shape index (κ1) is 34.9. The molecular formula is C36H47F2N3O3. The molecule has 6 nitrogen and oxygen atoms in total. The first-order valence-electron chi connectivity index (χ1n) is 15.8. The lowest BCUT2D eigenvalue weighted by molar-refractivity contribution is -0.131. The van der Waals surface area contributed by atoms with Gasteiger partial charge in [-0.05, 0) is 66.5 Å². The molecule has 0 heterocycles. The van der Waals surface area contributed by atoms with Gasteiger partial charge < -0.3 is 20.6 Å². The number of carbonyl (C=O) groups is 2. The molecule has 0 aliphatic heterocycles. The van der Waals surface area contributed by atoms with Gasteiger partial charge in [0.2, 0.25) is 11.8 Å². The van der Waals surface area contributed by atoms with E-state index in [0.29, 0.717) is 31.6 Å². The van der Waals surface area contributed by atoms with Crippen molar-refractivity contribution >= 4 is 11.8 Å². The number of halogens is 2. The van der Waals surface area contributed by atoms with Crippen molar-refractivity contribution in [3.63, 3.8) is 0 Å². The predicted octanol–water partition coefficient (Wildman–Crippen LogP) is 5.92. The Morgan fingerprint density at radius 2 is 1.50 bits per heavy atom. The number of benzene rings is 3. The van der Waals surface area contributed by atoms with Crippen molar-refractivity contribution in [3.05, 3.63) is 107 Å². The van der Waals surface area contributed by atoms with Gasteiger partial charge in [-0.25, -0.2) is 8.78 Å². The number of aliphatic hydroxyl groups excluding tert-OH is 1. The van der Waals surface area contributed by atoms with E-state index in [1.54, 1.807) is 0 Å². The Balaban J connectivity index is 1.78. The van der Waals surface area contributed by atoms with Crippen LogP contribution in [0.2, 0.25) is 0 Å². The van der Waals surface area contributed by atoms with Gasteiger partial charge in [0.1, 0.15) is 11.6 Å². The van der Waals surface area contributed by atoms with Crippen LogP contribution >= 0.6 is 0 Å². The Morgan fingerprint density at radius 3 is 2.14 bits per heavy atom. The number of nitrogens with one attached hydrogen (secondary N) is 2. The van der Waals surface area contributed by atoms with Crippen molar-refractivity contribution in [2.24, 2.45) is 0 Å². The minimum absolute atomic E-state index is 0.00518. The number of aliphatic hydroxyl groups is 1. The van der Waals surface area contributed by atoms with Crippen molar-refractivity contribution < 1.29 is 23.5 Å². The summed E-state index contributed by atoms with van der Waals surface area (Å²) in [6, 6.07) is 19.8. The van der Waals surface area contributed by atoms with Crippen LogP contribution in [0.15, 0.2) is 72.8 Å². The second kappa shape index (κ2) is 18.2. The molecule has 0 aliphatic rings. The smallest absolute Gasteiger partial charge is 0.227 e. The van der Waals surface area contributed by atoms with Crippen LogP contribution < -0.4 is 10.6 Å². The molecule has 44 heavy (non-hydrogen) atoms. The van der Waals surface area contributed by atoms with Gasteiger partial charge in [0, 0.05) is 38.7 Å². The first-order valence-corrected chi connectivity index (χ1v) is 15.8. The molecule has 3 aromatic rings. The number of amides is 2. The standard InChI is InChI=1S/C36H47F2N3O3/c1-4-17-41(18-5-2)35(43)16-15-32(29-13-8-7-9-14-29)36(44)40-33(22-28-20-30(37)23-31(38)21-28)34(42)25-39-24-27-12-10-11-26(6-3)19-27/h7-14,19-21,23,32-34,39,42H,4-6,15-18,22,24-25H2,1-3H3,(H,40,44)/t32?,33-,34+/m0/s1. The Kier molecular flexibility index (Phi) is 14.5. The minimum Gasteiger partial charge on any atom is -0.390 e. The Morgan fingerprint density at radius 1 is 0.841 bits per heavy atom. The predicted molar refractivity (Wildman–Crippen MR) is 171 cm³/mol. The average molecular weight is 608 g/mol. The molecule has 0 aliphatic carbocycles. The lowest BCUT2D eigenvalue weighted by atomic mass is 9.91. The highest BCUT2D eigenvalue weighted by atomic mass is 19.1. The molecule has 0 bridgehead atoms. The summed E-state index contributed by atoms with van der Waals surface area (Å²) in [5, 5.41) is 17.5. The summed E-state index contributed by atoms with van der Waals surface area (Å²) in [5.41, 5.74) is 3.36. The number of rotatable bonds is 18. The number of nitrogens with zero attached hydrogens (tertiary/aromatic N) is 1. The molecule has 0 saturated carbocycles. The maximum Gasteiger partial charge on any atom is 0.227 e. The van der Waals surface area contributed by atoms with E-state index in [-0.39, 0.29) is 31.2 Å². The molecule has 3 rings (SSSR count). The molecule has 1 unspecified atom stereocenters. The maximum atomic E-state index is 14.1. The Hall–Kier alpha value is -3.62. The van der Waals surface area contributed by atoms with Crippen molar-refractivity contribution in [1.82, 2.24) is 15.5 Å². The van der Waals surface area contributed by atoms with Gasteiger partial charge >= 0.3 is 0 Å². The average Bonchev–Trinajstić information content (AvgIpc) is 3.00. The van der Waals surface area contributed by atoms with Crippen LogP contribution in [-0.2, 0) is 29.0 Å². The number of hydrogen-bond acceptors (Lipinski definition) is 4. The third-order valence-corrected chi connectivity index (χ3v) is 7.76. The molecule has 0 saturated heterocycles. The molecule has 8 heteroatoms. The largest absolute Gasteiger partial charge is 0.390 e. The highest BCUT2D eigenvalue weighted by molar-refractivity contribution is 5.85. The summed E-state index contributed by atoms with van der Waals surface area (Å²) in [7, 11) is 0. The summed E-state index contributed by atoms with van der Waals surface area (Å²) in [6.07, 6.45) is 2.09. The third kappa shape index (κ3) is 11.1. The van der Waals surface area contributed by atoms with E-state index in [1.165, 1.54) is 17.7 Å². The Labute approximate surface area is 260 Å². The normalized spacial score (nSPS) is 13.2. The van der Waals surface area contributed by atoms with E-state index in [4.69, 9.17) is 0 Å². The van der Waals surface area contributed by atoms with Crippen molar-refractivity contribution in [3.8, 4) is 0 Å². The quantitative estimate of drug-likeness (QED) is 0.168. The monoisotopic (exact) mass is 607 g/mol. The van der Waals surface area contributed by atoms with Gasteiger partial charge in [-0.15, -0.1) is 0 Å². The topological polar surface area (TPSA) is 81.7 Å². The lowest BCUT2D eigenvalue weighted by Crippen LogP contribution is -2.50. The second-order valence-corrected chi connectivity index (χ2v) is 11.4. The van der Waals surface area contributed by atoms with E-state index < -0.39 is 29.7 Å². The van der Waals surface area contributed by atoms with Gasteiger partial charge in [-0.1, -0.05) is 75.4 Å². The van der Waals surface area contributed by atoms with Crippen molar-refractivity contribution in [1.29, 1.82) is 0 Å². The fourth-order valence-corrected chi connectivity index (χ4v) is 5.48. The first-order chi connectivity index (χ1) is 21.2. The van der Waals surface area contributed by atoms with E-state index >= 15 is 0 Å². The van der Waals surface area contributed by atoms with Gasteiger partial charge in [-0.2, -0.15) is 0 Å². The van der Waals surface area contributed by atoms with E-state index in [2.05, 4.69) is 29.7 Å². The molecule has 0 aromatic heterocycles. The number of carbonyl (C=O) groups excluding carboxylic acids is 2. The van der Waals surface area contributed by atoms with Crippen LogP contribution in [0.1, 0.15) is 74.6 Å². The molecule has 238 valence electrons. The SMILES string of the molecule is CCCN(CCC)C(=O)CCC(C(=O)N[C@@H](Cc1cc(F)cc(F)c1)[C@H](O)CNCc1cccc(CC)c1)c1ccccc1. The van der Waals surface area contributed by atoms with Crippen molar-refractivity contribution in [2.75, 3.05) is 19.6 Å². The summed E-state index contributed by atoms with van der Waals surface area (Å²) < 4.78 is 28.1.